The van der Waals surface area contributed by atoms with Gasteiger partial charge in [0, 0.05) is 33.3 Å². The maximum atomic E-state index is 12.1. The zero-order chi connectivity index (χ0) is 13.1. The van der Waals surface area contributed by atoms with Crippen LogP contribution in [0.3, 0.4) is 0 Å². The monoisotopic (exact) mass is 418 g/mol. The molecule has 0 amide bonds. The number of aromatic nitrogens is 2. The number of ketones is 1. The summed E-state index contributed by atoms with van der Waals surface area (Å²) in [5, 5.41) is 4.09. The fourth-order valence-electron chi connectivity index (χ4n) is 1.70. The van der Waals surface area contributed by atoms with Gasteiger partial charge in [0.15, 0.2) is 5.78 Å². The second kappa shape index (κ2) is 5.97. The Morgan fingerprint density at radius 2 is 2.28 bits per heavy atom. The van der Waals surface area contributed by atoms with Crippen LogP contribution in [0.1, 0.15) is 22.3 Å². The van der Waals surface area contributed by atoms with Crippen LogP contribution in [0.2, 0.25) is 0 Å². The van der Waals surface area contributed by atoms with Crippen molar-refractivity contribution >= 4 is 44.3 Å². The number of hydrogen-bond donors (Lipinski definition) is 0. The summed E-state index contributed by atoms with van der Waals surface area (Å²) >= 11 is 5.63. The molecule has 0 aliphatic heterocycles. The smallest absolute Gasteiger partial charge is 0.164 e. The normalized spacial score (nSPS) is 10.6. The highest BCUT2D eigenvalue weighted by Gasteiger charge is 2.11. The summed E-state index contributed by atoms with van der Waals surface area (Å²) in [4.78, 5) is 12.1. The van der Waals surface area contributed by atoms with Gasteiger partial charge in [0.05, 0.1) is 6.20 Å². The minimum absolute atomic E-state index is 0.157. The van der Waals surface area contributed by atoms with Crippen LogP contribution >= 0.6 is 38.5 Å². The Balaban J connectivity index is 2.05. The lowest BCUT2D eigenvalue weighted by Gasteiger charge is -2.04. The van der Waals surface area contributed by atoms with Crippen LogP contribution in [0.4, 0.5) is 0 Å². The number of rotatable bonds is 4. The second-order valence-corrected chi connectivity index (χ2v) is 6.17. The highest BCUT2D eigenvalue weighted by molar-refractivity contribution is 14.1. The average Bonchev–Trinajstić information content (AvgIpc) is 2.75. The molecule has 1 aromatic carbocycles. The maximum absolute atomic E-state index is 12.1. The molecule has 18 heavy (non-hydrogen) atoms. The Labute approximate surface area is 128 Å². The van der Waals surface area contributed by atoms with Crippen molar-refractivity contribution in [1.29, 1.82) is 0 Å². The van der Waals surface area contributed by atoms with Gasteiger partial charge in [-0.2, -0.15) is 5.10 Å². The molecule has 0 spiro atoms. The molecule has 0 atom stereocenters. The summed E-state index contributed by atoms with van der Waals surface area (Å²) in [5.74, 6) is 0.157. The zero-order valence-electron chi connectivity index (χ0n) is 9.86. The molecular weight excluding hydrogens is 407 g/mol. The molecule has 2 aromatic rings. The van der Waals surface area contributed by atoms with Gasteiger partial charge in [-0.15, -0.1) is 0 Å². The van der Waals surface area contributed by atoms with Crippen molar-refractivity contribution in [3.05, 3.63) is 49.8 Å². The van der Waals surface area contributed by atoms with E-state index in [0.717, 1.165) is 25.6 Å². The van der Waals surface area contributed by atoms with Crippen molar-refractivity contribution in [3.63, 3.8) is 0 Å². The van der Waals surface area contributed by atoms with Crippen molar-refractivity contribution < 1.29 is 4.79 Å². The van der Waals surface area contributed by atoms with E-state index in [9.17, 15) is 4.79 Å². The van der Waals surface area contributed by atoms with Crippen LogP contribution in [0.5, 0.6) is 0 Å². The molecule has 0 N–H and O–H groups in total. The number of carbonyl (C=O) groups is 1. The number of carbonyl (C=O) groups excluding carboxylic acids is 1. The molecule has 0 unspecified atom stereocenters. The molecule has 0 aliphatic rings. The molecule has 1 aromatic heterocycles. The van der Waals surface area contributed by atoms with Gasteiger partial charge in [-0.1, -0.05) is 15.9 Å². The van der Waals surface area contributed by atoms with E-state index < -0.39 is 0 Å². The molecular formula is C13H12BrIN2O. The summed E-state index contributed by atoms with van der Waals surface area (Å²) in [6.45, 7) is 0. The Bertz CT molecular complexity index is 580. The highest BCUT2D eigenvalue weighted by atomic mass is 127. The molecule has 0 aliphatic carbocycles. The molecule has 3 nitrogen and oxygen atoms in total. The van der Waals surface area contributed by atoms with Gasteiger partial charge in [0.25, 0.3) is 0 Å². The van der Waals surface area contributed by atoms with Crippen molar-refractivity contribution in [2.24, 2.45) is 7.05 Å². The highest BCUT2D eigenvalue weighted by Crippen LogP contribution is 2.21. The molecule has 1 heterocycles. The van der Waals surface area contributed by atoms with E-state index in [1.54, 1.807) is 10.9 Å². The predicted molar refractivity (Wildman–Crippen MR) is 82.7 cm³/mol. The maximum Gasteiger partial charge on any atom is 0.164 e. The van der Waals surface area contributed by atoms with Crippen molar-refractivity contribution in [2.75, 3.05) is 0 Å². The van der Waals surface area contributed by atoms with Gasteiger partial charge >= 0.3 is 0 Å². The quantitative estimate of drug-likeness (QED) is 0.561. The predicted octanol–water partition coefficient (Wildman–Crippen LogP) is 3.60. The van der Waals surface area contributed by atoms with Crippen molar-refractivity contribution in [3.8, 4) is 0 Å². The van der Waals surface area contributed by atoms with Gasteiger partial charge in [0.1, 0.15) is 0 Å². The first-order valence-corrected chi connectivity index (χ1v) is 7.39. The molecule has 5 heteroatoms. The molecule has 0 saturated heterocycles. The van der Waals surface area contributed by atoms with E-state index in [-0.39, 0.29) is 5.78 Å². The Morgan fingerprint density at radius 1 is 1.50 bits per heavy atom. The molecule has 0 bridgehead atoms. The van der Waals surface area contributed by atoms with E-state index in [0.29, 0.717) is 6.42 Å². The van der Waals surface area contributed by atoms with Gasteiger partial charge in [-0.05, 0) is 52.8 Å². The number of halogens is 2. The molecule has 0 fully saturated rings. The average molecular weight is 419 g/mol. The van der Waals surface area contributed by atoms with E-state index in [1.807, 2.05) is 31.4 Å². The fraction of sp³-hybridized carbons (Fsp3) is 0.231. The van der Waals surface area contributed by atoms with Gasteiger partial charge in [-0.3, -0.25) is 9.48 Å². The number of hydrogen-bond acceptors (Lipinski definition) is 2. The number of Topliss-reactive ketones (excluding diaryl/α,β-unsaturated/α-hetero) is 1. The van der Waals surface area contributed by atoms with Gasteiger partial charge in [0.2, 0.25) is 0 Å². The lowest BCUT2D eigenvalue weighted by molar-refractivity contribution is 0.0982. The molecule has 2 rings (SSSR count). The lowest BCUT2D eigenvalue weighted by Crippen LogP contribution is -2.02. The Hall–Kier alpha value is -0.690. The lowest BCUT2D eigenvalue weighted by atomic mass is 10.0. The van der Waals surface area contributed by atoms with Crippen LogP contribution in [0.25, 0.3) is 0 Å². The Morgan fingerprint density at radius 3 is 2.94 bits per heavy atom. The SMILES string of the molecule is Cn1cc(CCC(=O)c2cc(I)ccc2Br)cn1. The summed E-state index contributed by atoms with van der Waals surface area (Å²) in [7, 11) is 1.88. The summed E-state index contributed by atoms with van der Waals surface area (Å²) in [5.41, 5.74) is 1.85. The van der Waals surface area contributed by atoms with E-state index in [2.05, 4.69) is 43.6 Å². The van der Waals surface area contributed by atoms with Crippen LogP contribution in [-0.4, -0.2) is 15.6 Å². The summed E-state index contributed by atoms with van der Waals surface area (Å²) in [6.07, 6.45) is 4.98. The fourth-order valence-corrected chi connectivity index (χ4v) is 2.66. The van der Waals surface area contributed by atoms with Crippen molar-refractivity contribution in [1.82, 2.24) is 9.78 Å². The third-order valence-electron chi connectivity index (χ3n) is 2.63. The number of nitrogens with zero attached hydrogens (tertiary/aromatic N) is 2. The molecule has 94 valence electrons. The molecule has 0 radical (unpaired) electrons. The number of aryl methyl sites for hydroxylation is 2. The van der Waals surface area contributed by atoms with E-state index in [4.69, 9.17) is 0 Å². The zero-order valence-corrected chi connectivity index (χ0v) is 13.6. The first-order chi connectivity index (χ1) is 8.56. The van der Waals surface area contributed by atoms with Crippen LogP contribution in [-0.2, 0) is 13.5 Å². The largest absolute Gasteiger partial charge is 0.294 e. The first-order valence-electron chi connectivity index (χ1n) is 5.52. The third-order valence-corrected chi connectivity index (χ3v) is 3.99. The second-order valence-electron chi connectivity index (χ2n) is 4.07. The summed E-state index contributed by atoms with van der Waals surface area (Å²) in [6, 6.07) is 5.80. The van der Waals surface area contributed by atoms with Crippen molar-refractivity contribution in [2.45, 2.75) is 12.8 Å². The van der Waals surface area contributed by atoms with Crippen LogP contribution < -0.4 is 0 Å². The van der Waals surface area contributed by atoms with E-state index >= 15 is 0 Å². The third kappa shape index (κ3) is 3.41. The first kappa shape index (κ1) is 13.7. The van der Waals surface area contributed by atoms with Gasteiger partial charge < -0.3 is 0 Å². The minimum atomic E-state index is 0.157. The minimum Gasteiger partial charge on any atom is -0.294 e. The van der Waals surface area contributed by atoms with Gasteiger partial charge in [-0.25, -0.2) is 0 Å². The van der Waals surface area contributed by atoms with Crippen LogP contribution in [0.15, 0.2) is 35.1 Å². The van der Waals surface area contributed by atoms with Crippen LogP contribution in [0, 0.1) is 3.57 Å². The topological polar surface area (TPSA) is 34.9 Å². The summed E-state index contributed by atoms with van der Waals surface area (Å²) < 4.78 is 3.68. The molecule has 0 saturated carbocycles. The standard InChI is InChI=1S/C13H12BrIN2O/c1-17-8-9(7-16-17)2-5-13(18)11-6-10(15)3-4-12(11)14/h3-4,6-8H,2,5H2,1H3. The number of benzene rings is 1. The Kier molecular flexibility index (Phi) is 4.55. The van der Waals surface area contributed by atoms with E-state index in [1.165, 1.54) is 0 Å².